The minimum absolute atomic E-state index is 0.0504. The molecule has 0 saturated carbocycles. The van der Waals surface area contributed by atoms with Gasteiger partial charge < -0.3 is 20.1 Å². The van der Waals surface area contributed by atoms with Gasteiger partial charge in [0.25, 0.3) is 0 Å². The molecule has 1 saturated heterocycles. The zero-order valence-electron chi connectivity index (χ0n) is 13.8. The zero-order chi connectivity index (χ0) is 16.3. The molecule has 0 bridgehead atoms. The van der Waals surface area contributed by atoms with Crippen LogP contribution in [-0.4, -0.2) is 42.3 Å². The first-order valence-electron chi connectivity index (χ1n) is 7.69. The van der Waals surface area contributed by atoms with E-state index in [1.165, 1.54) is 0 Å². The van der Waals surface area contributed by atoms with Crippen LogP contribution in [0.25, 0.3) is 0 Å². The Labute approximate surface area is 132 Å². The van der Waals surface area contributed by atoms with Crippen molar-refractivity contribution in [1.29, 1.82) is 0 Å². The van der Waals surface area contributed by atoms with Gasteiger partial charge in [-0.25, -0.2) is 4.79 Å². The Balaban J connectivity index is 1.97. The van der Waals surface area contributed by atoms with E-state index in [1.807, 2.05) is 18.2 Å². The fourth-order valence-corrected chi connectivity index (χ4v) is 3.03. The molecule has 2 atom stereocenters. The standard InChI is InChI=1S/C17H26N2O3/c1-17(2,3)14-8-9-19(11-15(14)20)16(21)18-12-6-5-7-13(10-12)22-4/h5-7,10,14-15,20H,8-9,11H2,1-4H3,(H,18,21). The molecule has 0 spiro atoms. The number of anilines is 1. The Kier molecular flexibility index (Phi) is 4.96. The molecule has 2 rings (SSSR count). The maximum absolute atomic E-state index is 12.3. The summed E-state index contributed by atoms with van der Waals surface area (Å²) in [5.74, 6) is 0.914. The highest BCUT2D eigenvalue weighted by Gasteiger charge is 2.37. The number of amides is 2. The van der Waals surface area contributed by atoms with E-state index in [0.29, 0.717) is 24.5 Å². The van der Waals surface area contributed by atoms with Gasteiger partial charge in [0.2, 0.25) is 0 Å². The van der Waals surface area contributed by atoms with Gasteiger partial charge in [0.15, 0.2) is 0 Å². The lowest BCUT2D eigenvalue weighted by Crippen LogP contribution is -2.51. The van der Waals surface area contributed by atoms with Crippen LogP contribution in [0.3, 0.4) is 0 Å². The fourth-order valence-electron chi connectivity index (χ4n) is 3.03. The number of aliphatic hydroxyl groups is 1. The Morgan fingerprint density at radius 1 is 1.41 bits per heavy atom. The number of aliphatic hydroxyl groups excluding tert-OH is 1. The second-order valence-electron chi connectivity index (χ2n) is 6.94. The van der Waals surface area contributed by atoms with Gasteiger partial charge in [-0.15, -0.1) is 0 Å². The highest BCUT2D eigenvalue weighted by Crippen LogP contribution is 2.34. The molecule has 22 heavy (non-hydrogen) atoms. The topological polar surface area (TPSA) is 61.8 Å². The number of likely N-dealkylation sites (tertiary alicyclic amines) is 1. The molecule has 1 aliphatic rings. The van der Waals surface area contributed by atoms with Gasteiger partial charge in [-0.3, -0.25) is 0 Å². The summed E-state index contributed by atoms with van der Waals surface area (Å²) in [6.07, 6.45) is 0.334. The van der Waals surface area contributed by atoms with Gasteiger partial charge in [-0.05, 0) is 29.9 Å². The third kappa shape index (κ3) is 3.91. The first-order valence-corrected chi connectivity index (χ1v) is 7.69. The van der Waals surface area contributed by atoms with Crippen molar-refractivity contribution in [3.8, 4) is 5.75 Å². The summed E-state index contributed by atoms with van der Waals surface area (Å²) >= 11 is 0. The van der Waals surface area contributed by atoms with E-state index >= 15 is 0 Å². The average Bonchev–Trinajstić information content (AvgIpc) is 2.46. The van der Waals surface area contributed by atoms with Crippen molar-refractivity contribution in [1.82, 2.24) is 4.90 Å². The van der Waals surface area contributed by atoms with Gasteiger partial charge in [-0.1, -0.05) is 26.8 Å². The lowest BCUT2D eigenvalue weighted by Gasteiger charge is -2.42. The van der Waals surface area contributed by atoms with Crippen LogP contribution in [0, 0.1) is 11.3 Å². The number of carbonyl (C=O) groups excluding carboxylic acids is 1. The average molecular weight is 306 g/mol. The SMILES string of the molecule is COc1cccc(NC(=O)N2CCC(C(C)(C)C)C(O)C2)c1. The number of nitrogens with zero attached hydrogens (tertiary/aromatic N) is 1. The van der Waals surface area contributed by atoms with E-state index in [-0.39, 0.29) is 17.4 Å². The highest BCUT2D eigenvalue weighted by atomic mass is 16.5. The van der Waals surface area contributed by atoms with Gasteiger partial charge in [-0.2, -0.15) is 0 Å². The fraction of sp³-hybridized carbons (Fsp3) is 0.588. The molecule has 0 radical (unpaired) electrons. The van der Waals surface area contributed by atoms with Gasteiger partial charge in [0.05, 0.1) is 13.2 Å². The number of piperidine rings is 1. The predicted molar refractivity (Wildman–Crippen MR) is 87.2 cm³/mol. The maximum Gasteiger partial charge on any atom is 0.321 e. The van der Waals surface area contributed by atoms with Gasteiger partial charge in [0, 0.05) is 24.8 Å². The molecule has 0 aliphatic carbocycles. The van der Waals surface area contributed by atoms with Crippen molar-refractivity contribution in [3.05, 3.63) is 24.3 Å². The van der Waals surface area contributed by atoms with Crippen LogP contribution < -0.4 is 10.1 Å². The van der Waals surface area contributed by atoms with Crippen LogP contribution in [0.15, 0.2) is 24.3 Å². The second kappa shape index (κ2) is 6.57. The van der Waals surface area contributed by atoms with Crippen molar-refractivity contribution >= 4 is 11.7 Å². The molecular formula is C17H26N2O3. The number of hydrogen-bond acceptors (Lipinski definition) is 3. The minimum Gasteiger partial charge on any atom is -0.497 e. The minimum atomic E-state index is -0.482. The van der Waals surface area contributed by atoms with E-state index in [9.17, 15) is 9.90 Å². The molecule has 1 aliphatic heterocycles. The highest BCUT2D eigenvalue weighted by molar-refractivity contribution is 5.89. The number of ether oxygens (including phenoxy) is 1. The van der Waals surface area contributed by atoms with Crippen molar-refractivity contribution < 1.29 is 14.6 Å². The molecule has 2 N–H and O–H groups in total. The predicted octanol–water partition coefficient (Wildman–Crippen LogP) is 2.96. The number of rotatable bonds is 2. The summed E-state index contributed by atoms with van der Waals surface area (Å²) in [6.45, 7) is 7.43. The number of urea groups is 1. The van der Waals surface area contributed by atoms with Crippen LogP contribution in [0.1, 0.15) is 27.2 Å². The normalized spacial score (nSPS) is 22.3. The zero-order valence-corrected chi connectivity index (χ0v) is 13.8. The van der Waals surface area contributed by atoms with E-state index < -0.39 is 6.10 Å². The monoisotopic (exact) mass is 306 g/mol. The number of nitrogens with one attached hydrogen (secondary N) is 1. The molecular weight excluding hydrogens is 280 g/mol. The Morgan fingerprint density at radius 3 is 2.73 bits per heavy atom. The summed E-state index contributed by atoms with van der Waals surface area (Å²) in [5.41, 5.74) is 0.742. The van der Waals surface area contributed by atoms with Crippen LogP contribution in [0.5, 0.6) is 5.75 Å². The third-order valence-corrected chi connectivity index (χ3v) is 4.30. The van der Waals surface area contributed by atoms with Crippen LogP contribution in [0.2, 0.25) is 0 Å². The molecule has 2 unspecified atom stereocenters. The molecule has 2 amide bonds. The molecule has 1 fully saturated rings. The summed E-state index contributed by atoms with van der Waals surface area (Å²) in [5, 5.41) is 13.2. The number of β-amino-alcohol motifs (C(OH)–C–C–N with tert-alkyl or cyclic N) is 1. The number of benzene rings is 1. The largest absolute Gasteiger partial charge is 0.497 e. The summed E-state index contributed by atoms with van der Waals surface area (Å²) in [7, 11) is 1.59. The smallest absolute Gasteiger partial charge is 0.321 e. The third-order valence-electron chi connectivity index (χ3n) is 4.30. The molecule has 1 aromatic rings. The van der Waals surface area contributed by atoms with Crippen molar-refractivity contribution in [3.63, 3.8) is 0 Å². The van der Waals surface area contributed by atoms with E-state index in [1.54, 1.807) is 18.1 Å². The van der Waals surface area contributed by atoms with E-state index in [0.717, 1.165) is 6.42 Å². The number of carbonyl (C=O) groups is 1. The van der Waals surface area contributed by atoms with Crippen molar-refractivity contribution in [2.45, 2.75) is 33.3 Å². The first kappa shape index (κ1) is 16.6. The number of methoxy groups -OCH3 is 1. The van der Waals surface area contributed by atoms with Crippen molar-refractivity contribution in [2.75, 3.05) is 25.5 Å². The Morgan fingerprint density at radius 2 is 2.14 bits per heavy atom. The summed E-state index contributed by atoms with van der Waals surface area (Å²) in [6, 6.07) is 7.07. The summed E-state index contributed by atoms with van der Waals surface area (Å²) < 4.78 is 5.15. The van der Waals surface area contributed by atoms with Gasteiger partial charge >= 0.3 is 6.03 Å². The Hall–Kier alpha value is -1.75. The molecule has 0 aromatic heterocycles. The molecule has 1 heterocycles. The molecule has 5 heteroatoms. The van der Waals surface area contributed by atoms with Crippen LogP contribution in [-0.2, 0) is 0 Å². The van der Waals surface area contributed by atoms with E-state index in [4.69, 9.17) is 4.74 Å². The lowest BCUT2D eigenvalue weighted by atomic mass is 9.74. The molecule has 122 valence electrons. The molecule has 1 aromatic carbocycles. The summed E-state index contributed by atoms with van der Waals surface area (Å²) in [4.78, 5) is 14.0. The van der Waals surface area contributed by atoms with Crippen LogP contribution in [0.4, 0.5) is 10.5 Å². The second-order valence-corrected chi connectivity index (χ2v) is 6.94. The van der Waals surface area contributed by atoms with Crippen molar-refractivity contribution in [2.24, 2.45) is 11.3 Å². The lowest BCUT2D eigenvalue weighted by molar-refractivity contribution is -0.0108. The van der Waals surface area contributed by atoms with Gasteiger partial charge in [0.1, 0.15) is 5.75 Å². The number of hydrogen-bond donors (Lipinski definition) is 2. The maximum atomic E-state index is 12.3. The molecule has 5 nitrogen and oxygen atoms in total. The Bertz CT molecular complexity index is 525. The van der Waals surface area contributed by atoms with Crippen LogP contribution >= 0.6 is 0 Å². The first-order chi connectivity index (χ1) is 10.3. The quantitative estimate of drug-likeness (QED) is 0.883. The van der Waals surface area contributed by atoms with E-state index in [2.05, 4.69) is 26.1 Å².